The Labute approximate surface area is 120 Å². The van der Waals surface area contributed by atoms with Crippen molar-refractivity contribution in [3.05, 3.63) is 33.9 Å². The molecule has 1 aromatic rings. The second kappa shape index (κ2) is 9.31. The van der Waals surface area contributed by atoms with Gasteiger partial charge in [-0.2, -0.15) is 0 Å². The minimum Gasteiger partial charge on any atom is -0.388 e. The Balaban J connectivity index is 2.41. The highest BCUT2D eigenvalue weighted by molar-refractivity contribution is 5.55. The molecule has 0 amide bonds. The monoisotopic (exact) mass is 280 g/mol. The molecule has 0 spiro atoms. The number of nitro benzene ring substituents is 1. The normalized spacial score (nSPS) is 10.5. The van der Waals surface area contributed by atoms with Crippen LogP contribution in [0.3, 0.4) is 0 Å². The molecular weight excluding hydrogens is 256 g/mol. The lowest BCUT2D eigenvalue weighted by Crippen LogP contribution is -2.01. The lowest BCUT2D eigenvalue weighted by atomic mass is 10.1. The van der Waals surface area contributed by atoms with Crippen LogP contribution in [-0.2, 0) is 11.3 Å². The standard InChI is InChI=1S/C15H24N2O3/c1-3-4-5-6-7-10-20-12-13-11-14(17(18)19)8-9-15(13)16-2/h8-9,11,16H,3-7,10,12H2,1-2H3. The van der Waals surface area contributed by atoms with Gasteiger partial charge in [-0.1, -0.05) is 32.6 Å². The third-order valence-corrected chi connectivity index (χ3v) is 3.22. The summed E-state index contributed by atoms with van der Waals surface area (Å²) < 4.78 is 5.61. The fourth-order valence-electron chi connectivity index (χ4n) is 2.05. The molecule has 0 unspecified atom stereocenters. The number of rotatable bonds is 10. The van der Waals surface area contributed by atoms with Crippen molar-refractivity contribution in [1.29, 1.82) is 0 Å². The van der Waals surface area contributed by atoms with Gasteiger partial charge in [0.05, 0.1) is 11.5 Å². The largest absolute Gasteiger partial charge is 0.388 e. The molecule has 1 aromatic carbocycles. The molecule has 20 heavy (non-hydrogen) atoms. The Morgan fingerprint density at radius 1 is 1.25 bits per heavy atom. The summed E-state index contributed by atoms with van der Waals surface area (Å²) in [5.74, 6) is 0. The highest BCUT2D eigenvalue weighted by Gasteiger charge is 2.10. The van der Waals surface area contributed by atoms with Gasteiger partial charge in [0.25, 0.3) is 5.69 Å². The summed E-state index contributed by atoms with van der Waals surface area (Å²) in [6.45, 7) is 3.30. The fourth-order valence-corrected chi connectivity index (χ4v) is 2.05. The number of nitro groups is 1. The molecule has 112 valence electrons. The quantitative estimate of drug-likeness (QED) is 0.398. The molecule has 0 saturated carbocycles. The molecule has 0 atom stereocenters. The zero-order chi connectivity index (χ0) is 14.8. The average molecular weight is 280 g/mol. The van der Waals surface area contributed by atoms with Gasteiger partial charge in [-0.25, -0.2) is 0 Å². The van der Waals surface area contributed by atoms with E-state index < -0.39 is 0 Å². The van der Waals surface area contributed by atoms with Crippen LogP contribution in [0.25, 0.3) is 0 Å². The predicted molar refractivity (Wildman–Crippen MR) is 81.1 cm³/mol. The van der Waals surface area contributed by atoms with E-state index in [9.17, 15) is 10.1 Å². The predicted octanol–water partition coefficient (Wildman–Crippen LogP) is 4.12. The maximum absolute atomic E-state index is 10.8. The van der Waals surface area contributed by atoms with Crippen molar-refractivity contribution in [2.45, 2.75) is 45.6 Å². The summed E-state index contributed by atoms with van der Waals surface area (Å²) in [4.78, 5) is 10.4. The minimum absolute atomic E-state index is 0.102. The molecule has 0 bridgehead atoms. The van der Waals surface area contributed by atoms with Gasteiger partial charge in [-0.05, 0) is 12.5 Å². The van der Waals surface area contributed by atoms with E-state index in [1.165, 1.54) is 31.7 Å². The Bertz CT molecular complexity index is 422. The Morgan fingerprint density at radius 2 is 2.00 bits per heavy atom. The summed E-state index contributed by atoms with van der Waals surface area (Å²) in [6.07, 6.45) is 5.98. The van der Waals surface area contributed by atoms with Crippen LogP contribution in [0.1, 0.15) is 44.6 Å². The van der Waals surface area contributed by atoms with E-state index in [-0.39, 0.29) is 10.6 Å². The zero-order valence-electron chi connectivity index (χ0n) is 12.4. The Morgan fingerprint density at radius 3 is 2.65 bits per heavy atom. The van der Waals surface area contributed by atoms with Crippen molar-refractivity contribution in [2.24, 2.45) is 0 Å². The van der Waals surface area contributed by atoms with Crippen LogP contribution in [-0.4, -0.2) is 18.6 Å². The second-order valence-electron chi connectivity index (χ2n) is 4.82. The van der Waals surface area contributed by atoms with Gasteiger partial charge in [0.15, 0.2) is 0 Å². The molecule has 0 aliphatic carbocycles. The lowest BCUT2D eigenvalue weighted by molar-refractivity contribution is -0.384. The van der Waals surface area contributed by atoms with Crippen LogP contribution in [0.4, 0.5) is 11.4 Å². The summed E-state index contributed by atoms with van der Waals surface area (Å²) >= 11 is 0. The molecule has 5 heteroatoms. The molecule has 1 rings (SSSR count). The summed E-state index contributed by atoms with van der Waals surface area (Å²) in [6, 6.07) is 4.79. The van der Waals surface area contributed by atoms with Crippen molar-refractivity contribution in [1.82, 2.24) is 0 Å². The first-order valence-corrected chi connectivity index (χ1v) is 7.21. The first-order chi connectivity index (χ1) is 9.69. The Hall–Kier alpha value is -1.62. The number of hydrogen-bond donors (Lipinski definition) is 1. The van der Waals surface area contributed by atoms with Crippen molar-refractivity contribution in [2.75, 3.05) is 19.0 Å². The van der Waals surface area contributed by atoms with Crippen LogP contribution in [0, 0.1) is 10.1 Å². The topological polar surface area (TPSA) is 64.4 Å². The molecule has 0 saturated heterocycles. The van der Waals surface area contributed by atoms with E-state index >= 15 is 0 Å². The smallest absolute Gasteiger partial charge is 0.269 e. The number of benzene rings is 1. The van der Waals surface area contributed by atoms with Gasteiger partial charge in [0.1, 0.15) is 0 Å². The van der Waals surface area contributed by atoms with E-state index in [2.05, 4.69) is 12.2 Å². The van der Waals surface area contributed by atoms with Gasteiger partial charge < -0.3 is 10.1 Å². The average Bonchev–Trinajstić information content (AvgIpc) is 2.46. The molecule has 0 aliphatic rings. The van der Waals surface area contributed by atoms with E-state index in [0.717, 1.165) is 17.7 Å². The zero-order valence-corrected chi connectivity index (χ0v) is 12.4. The molecule has 0 fully saturated rings. The molecular formula is C15H24N2O3. The number of nitrogens with one attached hydrogen (secondary N) is 1. The SMILES string of the molecule is CCCCCCCOCc1cc([N+](=O)[O-])ccc1NC. The van der Waals surface area contributed by atoms with Crippen molar-refractivity contribution < 1.29 is 9.66 Å². The van der Waals surface area contributed by atoms with Gasteiger partial charge >= 0.3 is 0 Å². The number of hydrogen-bond acceptors (Lipinski definition) is 4. The summed E-state index contributed by atoms with van der Waals surface area (Å²) in [5, 5.41) is 13.8. The van der Waals surface area contributed by atoms with Crippen LogP contribution in [0.2, 0.25) is 0 Å². The highest BCUT2D eigenvalue weighted by Crippen LogP contribution is 2.22. The van der Waals surface area contributed by atoms with Crippen LogP contribution in [0.15, 0.2) is 18.2 Å². The van der Waals surface area contributed by atoms with Gasteiger partial charge in [0, 0.05) is 37.0 Å². The van der Waals surface area contributed by atoms with E-state index in [0.29, 0.717) is 13.2 Å². The third kappa shape index (κ3) is 5.57. The summed E-state index contributed by atoms with van der Waals surface area (Å²) in [7, 11) is 1.80. The first-order valence-electron chi connectivity index (χ1n) is 7.21. The number of nitrogens with zero attached hydrogens (tertiary/aromatic N) is 1. The molecule has 1 N–H and O–H groups in total. The summed E-state index contributed by atoms with van der Waals surface area (Å²) in [5.41, 5.74) is 1.81. The lowest BCUT2D eigenvalue weighted by Gasteiger charge is -2.09. The second-order valence-corrected chi connectivity index (χ2v) is 4.82. The molecule has 0 aliphatic heterocycles. The number of non-ortho nitro benzene ring substituents is 1. The third-order valence-electron chi connectivity index (χ3n) is 3.22. The molecule has 0 aromatic heterocycles. The number of anilines is 1. The van der Waals surface area contributed by atoms with Crippen molar-refractivity contribution >= 4 is 11.4 Å². The highest BCUT2D eigenvalue weighted by atomic mass is 16.6. The number of unbranched alkanes of at least 4 members (excludes halogenated alkanes) is 4. The van der Waals surface area contributed by atoms with Crippen molar-refractivity contribution in [3.63, 3.8) is 0 Å². The van der Waals surface area contributed by atoms with Gasteiger partial charge in [0.2, 0.25) is 0 Å². The van der Waals surface area contributed by atoms with Crippen molar-refractivity contribution in [3.8, 4) is 0 Å². The fraction of sp³-hybridized carbons (Fsp3) is 0.600. The van der Waals surface area contributed by atoms with E-state index in [4.69, 9.17) is 4.74 Å². The van der Waals surface area contributed by atoms with E-state index in [1.54, 1.807) is 19.2 Å². The van der Waals surface area contributed by atoms with E-state index in [1.807, 2.05) is 0 Å². The van der Waals surface area contributed by atoms with Gasteiger partial charge in [-0.3, -0.25) is 10.1 Å². The first kappa shape index (κ1) is 16.4. The minimum atomic E-state index is -0.381. The maximum atomic E-state index is 10.8. The van der Waals surface area contributed by atoms with Crippen LogP contribution in [0.5, 0.6) is 0 Å². The Kier molecular flexibility index (Phi) is 7.65. The maximum Gasteiger partial charge on any atom is 0.269 e. The molecule has 5 nitrogen and oxygen atoms in total. The van der Waals surface area contributed by atoms with Gasteiger partial charge in [-0.15, -0.1) is 0 Å². The number of ether oxygens (including phenoxy) is 1. The molecule has 0 heterocycles. The molecule has 0 radical (unpaired) electrons. The van der Waals surface area contributed by atoms with Crippen LogP contribution >= 0.6 is 0 Å². The van der Waals surface area contributed by atoms with Crippen LogP contribution < -0.4 is 5.32 Å².